The Hall–Kier alpha value is -6.58. The molecule has 280 valence electrons. The Morgan fingerprint density at radius 2 is 1.08 bits per heavy atom. The zero-order valence-electron chi connectivity index (χ0n) is 32.7. The number of hydrogen-bond donors (Lipinski definition) is 0. The third kappa shape index (κ3) is 4.27. The highest BCUT2D eigenvalue weighted by molar-refractivity contribution is 6.25. The summed E-state index contributed by atoms with van der Waals surface area (Å²) < 4.78 is 6.92. The summed E-state index contributed by atoms with van der Waals surface area (Å²) in [4.78, 5) is 10.8. The summed E-state index contributed by atoms with van der Waals surface area (Å²) in [6.45, 7) is 0. The van der Waals surface area contributed by atoms with Crippen LogP contribution >= 0.6 is 0 Å². The van der Waals surface area contributed by atoms with E-state index in [1.54, 1.807) is 11.1 Å². The third-order valence-electron chi connectivity index (χ3n) is 15.2. The minimum absolute atomic E-state index is 0.104. The van der Waals surface area contributed by atoms with E-state index >= 15 is 0 Å². The molecule has 1 spiro atoms. The normalized spacial score (nSPS) is 22.6. The first kappa shape index (κ1) is 32.4. The Labute approximate surface area is 342 Å². The third-order valence-corrected chi connectivity index (χ3v) is 15.2. The molecule has 15 rings (SSSR count). The Kier molecular flexibility index (Phi) is 6.46. The van der Waals surface area contributed by atoms with Gasteiger partial charge in [0.1, 0.15) is 16.8 Å². The summed E-state index contributed by atoms with van der Waals surface area (Å²) in [6.07, 6.45) is 6.96. The van der Waals surface area contributed by atoms with Crippen molar-refractivity contribution in [2.45, 2.75) is 37.5 Å². The van der Waals surface area contributed by atoms with Gasteiger partial charge in [-0.3, -0.25) is 0 Å². The highest BCUT2D eigenvalue weighted by atomic mass is 16.3. The second-order valence-electron chi connectivity index (χ2n) is 18.0. The van der Waals surface area contributed by atoms with Crippen LogP contribution in [0.2, 0.25) is 0 Å². The molecule has 0 atom stereocenters. The molecule has 5 aliphatic carbocycles. The first-order chi connectivity index (χ1) is 29.2. The van der Waals surface area contributed by atoms with Crippen LogP contribution in [0.5, 0.6) is 0 Å². The molecule has 0 aliphatic heterocycles. The van der Waals surface area contributed by atoms with Crippen LogP contribution in [0.25, 0.3) is 99.3 Å². The van der Waals surface area contributed by atoms with E-state index in [2.05, 4.69) is 152 Å². The van der Waals surface area contributed by atoms with Crippen molar-refractivity contribution in [3.8, 4) is 44.9 Å². The van der Waals surface area contributed by atoms with Crippen molar-refractivity contribution in [2.75, 3.05) is 0 Å². The molecule has 0 radical (unpaired) electrons. The van der Waals surface area contributed by atoms with Gasteiger partial charge in [0.15, 0.2) is 11.4 Å². The van der Waals surface area contributed by atoms with Gasteiger partial charge in [-0.1, -0.05) is 146 Å². The average Bonchev–Trinajstić information content (AvgIpc) is 3.81. The molecule has 59 heavy (non-hydrogen) atoms. The maximum atomic E-state index is 6.92. The summed E-state index contributed by atoms with van der Waals surface area (Å²) in [5, 5.41) is 8.11. The van der Waals surface area contributed by atoms with E-state index in [1.165, 1.54) is 75.9 Å². The maximum Gasteiger partial charge on any atom is 0.180 e. The summed E-state index contributed by atoms with van der Waals surface area (Å²) in [5.74, 6) is 3.94. The first-order valence-corrected chi connectivity index (χ1v) is 21.6. The lowest BCUT2D eigenvalue weighted by Gasteiger charge is -2.61. The molecule has 2 heterocycles. The van der Waals surface area contributed by atoms with E-state index in [0.717, 1.165) is 61.5 Å². The van der Waals surface area contributed by atoms with Gasteiger partial charge in [0, 0.05) is 16.5 Å². The van der Waals surface area contributed by atoms with Crippen molar-refractivity contribution in [3.63, 3.8) is 0 Å². The molecule has 0 unspecified atom stereocenters. The van der Waals surface area contributed by atoms with E-state index < -0.39 is 0 Å². The first-order valence-electron chi connectivity index (χ1n) is 21.6. The molecule has 3 nitrogen and oxygen atoms in total. The fourth-order valence-electron chi connectivity index (χ4n) is 13.3. The minimum Gasteiger partial charge on any atom is -0.452 e. The molecular weight excluding hydrogens is 717 g/mol. The Morgan fingerprint density at radius 3 is 1.81 bits per heavy atom. The van der Waals surface area contributed by atoms with E-state index in [-0.39, 0.29) is 5.41 Å². The van der Waals surface area contributed by atoms with Crippen LogP contribution < -0.4 is 0 Å². The molecule has 3 heteroatoms. The highest BCUT2D eigenvalue weighted by Gasteiger charge is 2.61. The van der Waals surface area contributed by atoms with Crippen molar-refractivity contribution in [2.24, 2.45) is 23.7 Å². The smallest absolute Gasteiger partial charge is 0.180 e. The van der Waals surface area contributed by atoms with E-state index in [9.17, 15) is 0 Å². The van der Waals surface area contributed by atoms with Crippen LogP contribution in [-0.4, -0.2) is 9.97 Å². The summed E-state index contributed by atoms with van der Waals surface area (Å²) >= 11 is 0. The van der Waals surface area contributed by atoms with Crippen LogP contribution in [0.4, 0.5) is 0 Å². The Morgan fingerprint density at radius 1 is 0.475 bits per heavy atom. The lowest BCUT2D eigenvalue weighted by molar-refractivity contribution is -0.0399. The van der Waals surface area contributed by atoms with E-state index in [0.29, 0.717) is 17.7 Å². The number of hydrogen-bond acceptors (Lipinski definition) is 3. The molecule has 8 aromatic carbocycles. The van der Waals surface area contributed by atoms with Crippen molar-refractivity contribution in [3.05, 3.63) is 169 Å². The Bertz CT molecular complexity index is 3330. The summed E-state index contributed by atoms with van der Waals surface area (Å²) in [6, 6.07) is 58.1. The highest BCUT2D eigenvalue weighted by Crippen LogP contribution is 2.69. The van der Waals surface area contributed by atoms with Gasteiger partial charge < -0.3 is 4.42 Å². The Balaban J connectivity index is 1.06. The van der Waals surface area contributed by atoms with Gasteiger partial charge in [0.05, 0.1) is 5.39 Å². The van der Waals surface area contributed by atoms with E-state index in [1.807, 2.05) is 6.07 Å². The maximum absolute atomic E-state index is 6.92. The molecule has 4 bridgehead atoms. The molecular formula is C56H40N2O. The monoisotopic (exact) mass is 756 g/mol. The predicted molar refractivity (Wildman–Crippen MR) is 241 cm³/mol. The van der Waals surface area contributed by atoms with Gasteiger partial charge in [-0.25, -0.2) is 9.97 Å². The predicted octanol–water partition coefficient (Wildman–Crippen LogP) is 14.6. The molecule has 5 aliphatic rings. The van der Waals surface area contributed by atoms with Gasteiger partial charge in [-0.15, -0.1) is 0 Å². The topological polar surface area (TPSA) is 38.9 Å². The fourth-order valence-corrected chi connectivity index (χ4v) is 13.3. The van der Waals surface area contributed by atoms with Gasteiger partial charge >= 0.3 is 0 Å². The summed E-state index contributed by atoms with van der Waals surface area (Å²) in [5.41, 5.74) is 14.1. The number of fused-ring (bicyclic) bond motifs is 10. The molecule has 2 aromatic heterocycles. The summed E-state index contributed by atoms with van der Waals surface area (Å²) in [7, 11) is 0. The number of nitrogens with zero attached hydrogens (tertiary/aromatic N) is 2. The zero-order chi connectivity index (χ0) is 38.4. The molecule has 10 aromatic rings. The molecule has 0 saturated heterocycles. The standard InChI is InChI=1S/C56H40N2O/c1-2-13-35(14-3-1)55-57-52(54-53(58-55)51-39-15-5-4-12-34(39)23-25-48(51)59-54)50-44-19-8-6-17-42(44)49(43-18-7-9-20-45(43)50)36-22-24-41-40-16-10-11-21-46(40)56(47(41)31-36)37-27-32-26-33(29-37)30-38(56)28-32/h1-25,31-33,37-38H,26-30H2. The van der Waals surface area contributed by atoms with Crippen LogP contribution in [-0.2, 0) is 5.41 Å². The van der Waals surface area contributed by atoms with Crippen LogP contribution in [0.3, 0.4) is 0 Å². The van der Waals surface area contributed by atoms with Crippen molar-refractivity contribution < 1.29 is 4.42 Å². The molecule has 4 fully saturated rings. The number of benzene rings is 8. The zero-order valence-corrected chi connectivity index (χ0v) is 32.7. The average molecular weight is 757 g/mol. The van der Waals surface area contributed by atoms with Gasteiger partial charge in [0.2, 0.25) is 0 Å². The van der Waals surface area contributed by atoms with Crippen molar-refractivity contribution in [1.29, 1.82) is 0 Å². The van der Waals surface area contributed by atoms with Crippen molar-refractivity contribution in [1.82, 2.24) is 9.97 Å². The van der Waals surface area contributed by atoms with E-state index in [4.69, 9.17) is 14.4 Å². The minimum atomic E-state index is 0.104. The van der Waals surface area contributed by atoms with Crippen LogP contribution in [0, 0.1) is 23.7 Å². The second kappa shape index (κ2) is 11.8. The molecule has 4 saturated carbocycles. The van der Waals surface area contributed by atoms with Gasteiger partial charge in [-0.2, -0.15) is 0 Å². The SMILES string of the molecule is c1ccc(-c2nc(-c3c4ccccc4c(-c4ccc5c(c4)C4(c6ccccc6-5)C5CC6CC(C5)CC4C6)c4ccccc34)c3oc4ccc5ccccc5c4c3n2)cc1. The number of aromatic nitrogens is 2. The fraction of sp³-hybridized carbons (Fsp3) is 0.179. The lowest BCUT2D eigenvalue weighted by atomic mass is 9.43. The number of rotatable bonds is 3. The molecule has 0 N–H and O–H groups in total. The lowest BCUT2D eigenvalue weighted by Crippen LogP contribution is -2.55. The quantitative estimate of drug-likeness (QED) is 0.169. The van der Waals surface area contributed by atoms with Crippen LogP contribution in [0.15, 0.2) is 162 Å². The second-order valence-corrected chi connectivity index (χ2v) is 18.0. The van der Waals surface area contributed by atoms with Gasteiger partial charge in [0.25, 0.3) is 0 Å². The van der Waals surface area contributed by atoms with Crippen molar-refractivity contribution >= 4 is 54.4 Å². The largest absolute Gasteiger partial charge is 0.452 e. The van der Waals surface area contributed by atoms with Gasteiger partial charge in [-0.05, 0) is 134 Å². The number of furan rings is 1. The van der Waals surface area contributed by atoms with Crippen LogP contribution in [0.1, 0.15) is 43.2 Å². The molecule has 0 amide bonds.